The summed E-state index contributed by atoms with van der Waals surface area (Å²) in [7, 11) is -8.44. The molecular weight excluding hydrogens is 2210 g/mol. The maximum atomic E-state index is 15.3. The number of alkyl halides is 1. The van der Waals surface area contributed by atoms with Crippen LogP contribution in [0.5, 0.6) is 0 Å². The Morgan fingerprint density at radius 3 is 1.17 bits per heavy atom. The number of carbonyl (C=O) groups is 3. The van der Waals surface area contributed by atoms with Crippen molar-refractivity contribution in [2.24, 2.45) is 26.1 Å². The summed E-state index contributed by atoms with van der Waals surface area (Å²) in [5.74, 6) is -7.36. The zero-order chi connectivity index (χ0) is 108. The van der Waals surface area contributed by atoms with Crippen molar-refractivity contribution in [2.75, 3.05) is 34.5 Å². The third-order valence-corrected chi connectivity index (χ3v) is 35.4. The number of pyridine rings is 3. The summed E-state index contributed by atoms with van der Waals surface area (Å²) in [5, 5.41) is 0.364. The Hall–Kier alpha value is -8.59. The largest absolute Gasteiger partial charge is 1.00 e. The second-order valence-corrected chi connectivity index (χ2v) is 52.2. The van der Waals surface area contributed by atoms with Crippen LogP contribution in [0.1, 0.15) is 233 Å². The molecule has 41 heteroatoms. The topological polar surface area (TPSA) is 325 Å². The van der Waals surface area contributed by atoms with Crippen LogP contribution in [-0.2, 0) is 115 Å². The Morgan fingerprint density at radius 1 is 0.462 bits per heavy atom. The van der Waals surface area contributed by atoms with E-state index < -0.39 is 173 Å². The van der Waals surface area contributed by atoms with Crippen molar-refractivity contribution in [3.63, 3.8) is 0 Å². The first-order valence-electron chi connectivity index (χ1n) is 45.2. The predicted octanol–water partition coefficient (Wildman–Crippen LogP) is 17.3. The standard InChI is InChI=1S/C29H33F2NO5S2.C24H22F2N2O3S.C19H32BNO4S.C16H13BrF2O3S.C14H8Br2F2O.C2H6O2S.Na/c1-7-39(36,37)17-20-12-23(24(13-26(20)31)28(34)19-8-10-21(30)11-9-19)25-15-32(6)27(33)14-22(25)18(2)16-38(35)29(3,4)5;1-4-32(30,31)13-16-9-19-20(10-22(16)26)24(15-5-7-17(25)8-6-15)27-14(2)18-11-23(29)28(3)12-21(18)19;1-13(12-26(23)17(2,3)4)14-10-16(22)21(9)11-15(14)20-24-18(5,6)19(7,8)25-20;1-2-23(21,22)9-11-7-14(17)13(8-15(11)19)16(20)10-3-5-12(18)6-4-10;15-7-9-5-12(16)11(6-13(9)18)14(19)8-1-3-10(17)4-2-8;1-2-5(3)4;/h8-15,18H,7,16-17H2,1-6H3;5-12,14H,4,13H2,1-3H3;10-11,13H,12H2,1-9H3;3-8H,2,9H2,1H3;1-6H,7H2;2H2,1H3,(H,3,4);/q;;;;;;+1/p-1/t18-,38-;14-;13-,26-;;;;/m101..../s1. The number of halogens is 11. The van der Waals surface area contributed by atoms with Gasteiger partial charge >= 0.3 is 36.7 Å². The van der Waals surface area contributed by atoms with E-state index in [1.54, 1.807) is 57.7 Å². The van der Waals surface area contributed by atoms with Gasteiger partial charge in [-0.25, -0.2) is 60.4 Å². The van der Waals surface area contributed by atoms with Crippen LogP contribution in [0.4, 0.5) is 35.1 Å². The van der Waals surface area contributed by atoms with Gasteiger partial charge in [-0.15, -0.1) is 0 Å². The van der Waals surface area contributed by atoms with Crippen LogP contribution < -0.4 is 51.7 Å². The molecule has 0 N–H and O–H groups in total. The maximum absolute atomic E-state index is 15.3. The van der Waals surface area contributed by atoms with Gasteiger partial charge in [0.25, 0.3) is 11.1 Å². The number of hydrogen-bond acceptors (Lipinski definition) is 19. The van der Waals surface area contributed by atoms with E-state index in [4.69, 9.17) is 14.3 Å². The van der Waals surface area contributed by atoms with E-state index in [1.165, 1.54) is 151 Å². The molecule has 0 spiro atoms. The van der Waals surface area contributed by atoms with Gasteiger partial charge in [0.1, 0.15) is 46.5 Å². The zero-order valence-electron chi connectivity index (χ0n) is 83.9. The van der Waals surface area contributed by atoms with Crippen LogP contribution in [0.15, 0.2) is 211 Å². The molecule has 8 aromatic carbocycles. The van der Waals surface area contributed by atoms with Crippen molar-refractivity contribution < 1.29 is 131 Å². The number of aryl methyl sites for hydroxylation is 3. The fraction of sp³-hybridized carbons (Fsp3) is 0.356. The third-order valence-electron chi connectivity index (χ3n) is 23.8. The first kappa shape index (κ1) is 123. The summed E-state index contributed by atoms with van der Waals surface area (Å²) in [5.41, 5.74) is 5.89. The quantitative estimate of drug-likeness (QED) is 0.0160. The summed E-state index contributed by atoms with van der Waals surface area (Å²) >= 11 is 7.77. The molecule has 0 amide bonds. The summed E-state index contributed by atoms with van der Waals surface area (Å²) in [4.78, 5) is 80.1. The monoisotopic (exact) mass is 2320 g/mol. The number of carbonyl (C=O) groups excluding carboxylic acids is 3. The van der Waals surface area contributed by atoms with Gasteiger partial charge in [0.05, 0.1) is 40.2 Å². The minimum absolute atomic E-state index is 0. The van der Waals surface area contributed by atoms with Gasteiger partial charge in [-0.3, -0.25) is 46.4 Å². The van der Waals surface area contributed by atoms with Gasteiger partial charge in [-0.05, 0) is 267 Å². The smallest absolute Gasteiger partial charge is 0.772 e. The number of fused-ring (bicyclic) bond motifs is 3. The molecule has 6 atom stereocenters. The Kier molecular flexibility index (Phi) is 44.0. The minimum Gasteiger partial charge on any atom is -0.772 e. The number of benzene rings is 8. The number of hydrogen-bond donors (Lipinski definition) is 0. The summed E-state index contributed by atoms with van der Waals surface area (Å²) in [6, 6.07) is 34.8. The molecule has 774 valence electrons. The van der Waals surface area contributed by atoms with Crippen LogP contribution in [-0.4, -0.2) is 142 Å². The van der Waals surface area contributed by atoms with Crippen LogP contribution in [0, 0.1) is 46.5 Å². The molecule has 5 heterocycles. The molecule has 11 aromatic rings. The first-order valence-corrected chi connectivity index (χ1v) is 57.2. The molecule has 0 aliphatic carbocycles. The van der Waals surface area contributed by atoms with E-state index in [2.05, 4.69) is 47.8 Å². The number of ketones is 3. The maximum Gasteiger partial charge on any atom is 1.00 e. The molecule has 1 fully saturated rings. The SMILES string of the molecule is CCS(=O)(=O)Cc1cc(-c2cn(C)c(=O)cc2[C@H](C)C[S@@](=O)C(C)(C)C)c(C(=O)c2ccc(F)cc2)cc1F.CCS(=O)(=O)Cc1cc(Br)c(C(=O)c2ccc(F)cc2)cc1F.CCS(=O)(=O)Cc1cc2c(cc1F)C(c1ccc(F)cc1)=N[C@@H](C)c1cc(=O)n(C)cc1-2.CCS(=O)[O-].C[C@H](C[S@@](=O)C(C)(C)C)c1cc(=O)n(C)cc1B1OC(C)(C)C(C)(C)O1.O=C(c1ccc(F)cc1)c1cc(F)c(CBr)cc1Br.[Na+]. The molecule has 3 aromatic heterocycles. The Balaban J connectivity index is 0.000000247. The van der Waals surface area contributed by atoms with Crippen molar-refractivity contribution >= 4 is 146 Å². The molecule has 13 rings (SSSR count). The zero-order valence-corrected chi connectivity index (χ0v) is 95.6. The average Bonchev–Trinajstić information content (AvgIpc) is 1.46. The van der Waals surface area contributed by atoms with Crippen molar-refractivity contribution in [1.82, 2.24) is 13.7 Å². The van der Waals surface area contributed by atoms with E-state index in [-0.39, 0.29) is 146 Å². The number of aromatic nitrogens is 3. The summed E-state index contributed by atoms with van der Waals surface area (Å²) in [6.45, 7) is 31.2. The number of aliphatic imine (C=N–C) groups is 1. The van der Waals surface area contributed by atoms with Crippen LogP contribution in [0.2, 0.25) is 0 Å². The molecular formula is C104H113BBr3F8N4NaO18S6. The van der Waals surface area contributed by atoms with Crippen LogP contribution in [0.25, 0.3) is 22.3 Å². The molecule has 1 saturated heterocycles. The molecule has 0 radical (unpaired) electrons. The normalized spacial score (nSPS) is 14.7. The van der Waals surface area contributed by atoms with Crippen molar-refractivity contribution in [3.8, 4) is 22.3 Å². The second kappa shape index (κ2) is 51.8. The van der Waals surface area contributed by atoms with Crippen LogP contribution >= 0.6 is 47.8 Å². The molecule has 0 saturated carbocycles. The molecule has 2 aliphatic rings. The van der Waals surface area contributed by atoms with Gasteiger partial charge in [0.15, 0.2) is 46.9 Å². The Bertz CT molecular complexity index is 7300. The van der Waals surface area contributed by atoms with Crippen molar-refractivity contribution in [2.45, 2.75) is 179 Å². The predicted molar refractivity (Wildman–Crippen MR) is 564 cm³/mol. The van der Waals surface area contributed by atoms with E-state index in [0.29, 0.717) is 71.3 Å². The van der Waals surface area contributed by atoms with E-state index in [0.717, 1.165) is 47.4 Å². The number of rotatable bonds is 26. The molecule has 1 unspecified atom stereocenters. The Labute approximate surface area is 896 Å². The summed E-state index contributed by atoms with van der Waals surface area (Å²) in [6.07, 6.45) is 4.96. The fourth-order valence-corrected chi connectivity index (χ4v) is 20.9. The van der Waals surface area contributed by atoms with Gasteiger partial charge in [0.2, 0.25) is 5.56 Å². The number of nitrogens with zero attached hydrogens (tertiary/aromatic N) is 4. The summed E-state index contributed by atoms with van der Waals surface area (Å²) < 4.78 is 244. The second-order valence-electron chi connectivity index (χ2n) is 37.2. The average molecular weight is 2320 g/mol. The van der Waals surface area contributed by atoms with Crippen molar-refractivity contribution in [1.29, 1.82) is 0 Å². The Morgan fingerprint density at radius 2 is 0.786 bits per heavy atom. The molecule has 0 bridgehead atoms. The van der Waals surface area contributed by atoms with E-state index in [9.17, 15) is 97.5 Å². The van der Waals surface area contributed by atoms with E-state index in [1.807, 2.05) is 90.0 Å². The molecule has 22 nitrogen and oxygen atoms in total. The molecule has 2 aliphatic heterocycles. The minimum atomic E-state index is -3.62. The number of sulfone groups is 3. The third kappa shape index (κ3) is 33.0. The first-order chi connectivity index (χ1) is 66.8. The van der Waals surface area contributed by atoms with Crippen molar-refractivity contribution in [3.05, 3.63) is 352 Å². The fourth-order valence-electron chi connectivity index (χ4n) is 14.4. The van der Waals surface area contributed by atoms with Gasteiger partial charge in [0, 0.05) is 216 Å². The van der Waals surface area contributed by atoms with Gasteiger partial charge < -0.3 is 27.6 Å². The van der Waals surface area contributed by atoms with Crippen LogP contribution in [0.3, 0.4) is 0 Å². The van der Waals surface area contributed by atoms with Gasteiger partial charge in [-0.1, -0.05) is 100 Å². The molecule has 145 heavy (non-hydrogen) atoms. The van der Waals surface area contributed by atoms with Gasteiger partial charge in [-0.2, -0.15) is 0 Å². The van der Waals surface area contributed by atoms with E-state index >= 15 is 8.78 Å².